The molecule has 0 aliphatic rings. The predicted molar refractivity (Wildman–Crippen MR) is 88.2 cm³/mol. The lowest BCUT2D eigenvalue weighted by atomic mass is 10.1. The van der Waals surface area contributed by atoms with Crippen LogP contribution in [-0.4, -0.2) is 4.98 Å². The number of halogens is 4. The van der Waals surface area contributed by atoms with E-state index in [-0.39, 0.29) is 17.0 Å². The second kappa shape index (κ2) is 5.45. The number of hydrogen-bond acceptors (Lipinski definition) is 4. The third kappa shape index (κ3) is 2.72. The third-order valence-electron chi connectivity index (χ3n) is 3.67. The lowest BCUT2D eigenvalue weighted by molar-refractivity contribution is -0.137. The molecule has 8 heteroatoms. The Labute approximate surface area is 146 Å². The zero-order chi connectivity index (χ0) is 17.8. The van der Waals surface area contributed by atoms with Crippen LogP contribution in [0.15, 0.2) is 60.6 Å². The standard InChI is InChI=1S/C17H7BrF3NO3/c18-10-5-6-12-11(7-10)13-14(24-12)16(23)25-15(22-13)8-1-3-9(4-2-8)17(19,20)21/h1-7H. The normalized spacial score (nSPS) is 12.2. The number of fused-ring (bicyclic) bond motifs is 3. The second-order valence-corrected chi connectivity index (χ2v) is 6.22. The fourth-order valence-corrected chi connectivity index (χ4v) is 2.85. The molecule has 2 heterocycles. The zero-order valence-electron chi connectivity index (χ0n) is 12.2. The van der Waals surface area contributed by atoms with Gasteiger partial charge in [0.15, 0.2) is 0 Å². The largest absolute Gasteiger partial charge is 0.447 e. The third-order valence-corrected chi connectivity index (χ3v) is 4.16. The molecule has 25 heavy (non-hydrogen) atoms. The van der Waals surface area contributed by atoms with Gasteiger partial charge in [-0.25, -0.2) is 9.78 Å². The number of alkyl halides is 3. The highest BCUT2D eigenvalue weighted by molar-refractivity contribution is 9.10. The number of rotatable bonds is 1. The SMILES string of the molecule is O=c1oc(-c2ccc(C(F)(F)F)cc2)nc2c1oc1ccc(Br)cc12. The van der Waals surface area contributed by atoms with Crippen molar-refractivity contribution in [3.8, 4) is 11.5 Å². The summed E-state index contributed by atoms with van der Waals surface area (Å²) < 4.78 is 49.3. The van der Waals surface area contributed by atoms with Crippen molar-refractivity contribution in [1.29, 1.82) is 0 Å². The van der Waals surface area contributed by atoms with Crippen LogP contribution >= 0.6 is 15.9 Å². The lowest BCUT2D eigenvalue weighted by Gasteiger charge is -2.06. The van der Waals surface area contributed by atoms with Gasteiger partial charge in [-0.05, 0) is 42.5 Å². The maximum absolute atomic E-state index is 12.7. The molecule has 0 saturated heterocycles. The molecule has 126 valence electrons. The molecule has 0 bridgehead atoms. The Hall–Kier alpha value is -2.61. The van der Waals surface area contributed by atoms with Gasteiger partial charge in [0.1, 0.15) is 11.1 Å². The molecular weight excluding hydrogens is 403 g/mol. The van der Waals surface area contributed by atoms with Crippen LogP contribution in [0.3, 0.4) is 0 Å². The van der Waals surface area contributed by atoms with E-state index in [1.165, 1.54) is 12.1 Å². The highest BCUT2D eigenvalue weighted by Crippen LogP contribution is 2.32. The average Bonchev–Trinajstić information content (AvgIpc) is 2.93. The minimum Gasteiger partial charge on any atom is -0.447 e. The van der Waals surface area contributed by atoms with Gasteiger partial charge in [0.2, 0.25) is 11.5 Å². The summed E-state index contributed by atoms with van der Waals surface area (Å²) in [6, 6.07) is 9.40. The number of hydrogen-bond donors (Lipinski definition) is 0. The van der Waals surface area contributed by atoms with Gasteiger partial charge < -0.3 is 8.83 Å². The Morgan fingerprint density at radius 1 is 1.00 bits per heavy atom. The molecule has 0 fully saturated rings. The van der Waals surface area contributed by atoms with Crippen molar-refractivity contribution < 1.29 is 22.0 Å². The molecule has 0 aliphatic heterocycles. The Kier molecular flexibility index (Phi) is 3.47. The fourth-order valence-electron chi connectivity index (χ4n) is 2.49. The molecule has 0 N–H and O–H groups in total. The molecule has 4 aromatic rings. The van der Waals surface area contributed by atoms with Crippen molar-refractivity contribution >= 4 is 38.0 Å². The summed E-state index contributed by atoms with van der Waals surface area (Å²) in [6.07, 6.45) is -4.44. The van der Waals surface area contributed by atoms with Crippen molar-refractivity contribution in [2.75, 3.05) is 0 Å². The van der Waals surface area contributed by atoms with Crippen molar-refractivity contribution in [2.45, 2.75) is 6.18 Å². The number of aromatic nitrogens is 1. The minimum absolute atomic E-state index is 0.0382. The molecule has 0 spiro atoms. The molecule has 4 nitrogen and oxygen atoms in total. The van der Waals surface area contributed by atoms with Crippen molar-refractivity contribution in [3.63, 3.8) is 0 Å². The van der Waals surface area contributed by atoms with Crippen LogP contribution in [0.1, 0.15) is 5.56 Å². The van der Waals surface area contributed by atoms with Crippen LogP contribution in [0.4, 0.5) is 13.2 Å². The Bertz CT molecular complexity index is 1160. The van der Waals surface area contributed by atoms with Gasteiger partial charge in [0, 0.05) is 15.4 Å². The fraction of sp³-hybridized carbons (Fsp3) is 0.0588. The van der Waals surface area contributed by atoms with Crippen LogP contribution in [0.5, 0.6) is 0 Å². The number of benzene rings is 2. The van der Waals surface area contributed by atoms with Gasteiger partial charge >= 0.3 is 11.8 Å². The molecule has 2 aromatic carbocycles. The van der Waals surface area contributed by atoms with Crippen molar-refractivity contribution in [3.05, 3.63) is 62.9 Å². The van der Waals surface area contributed by atoms with Crippen molar-refractivity contribution in [2.24, 2.45) is 0 Å². The second-order valence-electron chi connectivity index (χ2n) is 5.30. The molecule has 0 amide bonds. The van der Waals surface area contributed by atoms with Gasteiger partial charge in [-0.3, -0.25) is 0 Å². The predicted octanol–water partition coefficient (Wildman–Crippen LogP) is 5.38. The first-order valence-electron chi connectivity index (χ1n) is 7.03. The highest BCUT2D eigenvalue weighted by atomic mass is 79.9. The molecule has 4 rings (SSSR count). The van der Waals surface area contributed by atoms with Crippen LogP contribution in [0.25, 0.3) is 33.5 Å². The van der Waals surface area contributed by atoms with E-state index in [1.807, 2.05) is 0 Å². The van der Waals surface area contributed by atoms with E-state index in [1.54, 1.807) is 18.2 Å². The van der Waals surface area contributed by atoms with E-state index in [0.717, 1.165) is 16.6 Å². The van der Waals surface area contributed by atoms with Gasteiger partial charge in [-0.1, -0.05) is 15.9 Å². The summed E-state index contributed by atoms with van der Waals surface area (Å²) in [6.45, 7) is 0. The zero-order valence-corrected chi connectivity index (χ0v) is 13.8. The van der Waals surface area contributed by atoms with Gasteiger partial charge in [-0.15, -0.1) is 0 Å². The quantitative estimate of drug-likeness (QED) is 0.423. The summed E-state index contributed by atoms with van der Waals surface area (Å²) in [5.74, 6) is -0.0751. The van der Waals surface area contributed by atoms with E-state index >= 15 is 0 Å². The smallest absolute Gasteiger partial charge is 0.416 e. The van der Waals surface area contributed by atoms with E-state index in [2.05, 4.69) is 20.9 Å². The summed E-state index contributed by atoms with van der Waals surface area (Å²) in [4.78, 5) is 16.4. The van der Waals surface area contributed by atoms with E-state index < -0.39 is 17.4 Å². The van der Waals surface area contributed by atoms with Crippen LogP contribution in [0, 0.1) is 0 Å². The Balaban J connectivity index is 1.92. The maximum atomic E-state index is 12.7. The summed E-state index contributed by atoms with van der Waals surface area (Å²) >= 11 is 3.33. The van der Waals surface area contributed by atoms with Crippen molar-refractivity contribution in [1.82, 2.24) is 4.98 Å². The molecule has 0 saturated carbocycles. The van der Waals surface area contributed by atoms with E-state index in [9.17, 15) is 18.0 Å². The lowest BCUT2D eigenvalue weighted by Crippen LogP contribution is -2.04. The first-order valence-corrected chi connectivity index (χ1v) is 7.83. The molecule has 0 atom stereocenters. The van der Waals surface area contributed by atoms with E-state index in [0.29, 0.717) is 16.5 Å². The van der Waals surface area contributed by atoms with Gasteiger partial charge in [-0.2, -0.15) is 13.2 Å². The number of furan rings is 1. The maximum Gasteiger partial charge on any atom is 0.416 e. The molecule has 0 aliphatic carbocycles. The van der Waals surface area contributed by atoms with Gasteiger partial charge in [0.25, 0.3) is 0 Å². The average molecular weight is 410 g/mol. The number of nitrogens with zero attached hydrogens (tertiary/aromatic N) is 1. The molecular formula is C17H7BrF3NO3. The Morgan fingerprint density at radius 3 is 2.40 bits per heavy atom. The highest BCUT2D eigenvalue weighted by Gasteiger charge is 2.30. The van der Waals surface area contributed by atoms with Crippen LogP contribution in [-0.2, 0) is 6.18 Å². The summed E-state index contributed by atoms with van der Waals surface area (Å²) in [5.41, 5.74) is -0.560. The molecule has 0 unspecified atom stereocenters. The van der Waals surface area contributed by atoms with Crippen LogP contribution in [0.2, 0.25) is 0 Å². The monoisotopic (exact) mass is 409 g/mol. The first-order chi connectivity index (χ1) is 11.8. The summed E-state index contributed by atoms with van der Waals surface area (Å²) in [7, 11) is 0. The summed E-state index contributed by atoms with van der Waals surface area (Å²) in [5, 5.41) is 0.602. The molecule has 0 radical (unpaired) electrons. The van der Waals surface area contributed by atoms with E-state index in [4.69, 9.17) is 8.83 Å². The topological polar surface area (TPSA) is 56.2 Å². The molecule has 2 aromatic heterocycles. The Morgan fingerprint density at radius 2 is 1.72 bits per heavy atom. The first kappa shape index (κ1) is 15.9. The van der Waals surface area contributed by atoms with Gasteiger partial charge in [0.05, 0.1) is 5.56 Å². The van der Waals surface area contributed by atoms with Crippen LogP contribution < -0.4 is 5.63 Å². The minimum atomic E-state index is -4.44.